The van der Waals surface area contributed by atoms with Crippen molar-refractivity contribution in [2.75, 3.05) is 6.54 Å². The lowest BCUT2D eigenvalue weighted by molar-refractivity contribution is -0.138. The van der Waals surface area contributed by atoms with E-state index in [0.29, 0.717) is 21.1 Å². The summed E-state index contributed by atoms with van der Waals surface area (Å²) in [6.07, 6.45) is 0.583. The monoisotopic (exact) mass is 417 g/mol. The smallest absolute Gasteiger partial charge is 0.303 e. The summed E-state index contributed by atoms with van der Waals surface area (Å²) in [5, 5.41) is 9.22. The molecule has 0 bridgehead atoms. The summed E-state index contributed by atoms with van der Waals surface area (Å²) in [4.78, 5) is 10.8. The van der Waals surface area contributed by atoms with E-state index in [9.17, 15) is 13.2 Å². The fourth-order valence-corrected chi connectivity index (χ4v) is 5.47. The predicted molar refractivity (Wildman–Crippen MR) is 87.4 cm³/mol. The number of hydrogen-bond donors (Lipinski definition) is 2. The molecule has 0 saturated heterocycles. The Labute approximate surface area is 141 Å². The van der Waals surface area contributed by atoms with Crippen molar-refractivity contribution in [2.24, 2.45) is 11.8 Å². The Morgan fingerprint density at radius 1 is 1.52 bits per heavy atom. The van der Waals surface area contributed by atoms with Crippen LogP contribution in [0.5, 0.6) is 0 Å². The third-order valence-electron chi connectivity index (χ3n) is 2.72. The first-order chi connectivity index (χ1) is 9.61. The van der Waals surface area contributed by atoms with Crippen LogP contribution in [0, 0.1) is 11.8 Å². The van der Waals surface area contributed by atoms with Crippen LogP contribution in [0.2, 0.25) is 5.02 Å². The van der Waals surface area contributed by atoms with Crippen molar-refractivity contribution in [3.05, 3.63) is 14.9 Å². The normalized spacial score (nSPS) is 13.6. The number of thiophene rings is 1. The molecule has 9 heteroatoms. The molecule has 1 aromatic heterocycles. The molecule has 1 heterocycles. The SMILES string of the molecule is CC(C)C[C@H](CNS(=O)(=O)c1cc(Cl)c(Br)s1)CC(=O)O. The number of carboxylic acids is 1. The fourth-order valence-electron chi connectivity index (χ4n) is 1.91. The molecule has 0 aliphatic rings. The number of rotatable bonds is 8. The van der Waals surface area contributed by atoms with Crippen LogP contribution in [0.1, 0.15) is 26.7 Å². The minimum Gasteiger partial charge on any atom is -0.481 e. The second-order valence-corrected chi connectivity index (χ2v) is 9.90. The molecule has 0 aromatic carbocycles. The predicted octanol–water partition coefficient (Wildman–Crippen LogP) is 3.58. The molecule has 0 spiro atoms. The van der Waals surface area contributed by atoms with Crippen LogP contribution in [-0.2, 0) is 14.8 Å². The molecule has 0 saturated carbocycles. The van der Waals surface area contributed by atoms with E-state index in [4.69, 9.17) is 16.7 Å². The van der Waals surface area contributed by atoms with Gasteiger partial charge in [-0.05, 0) is 40.3 Å². The van der Waals surface area contributed by atoms with Crippen molar-refractivity contribution in [1.82, 2.24) is 4.72 Å². The van der Waals surface area contributed by atoms with Crippen molar-refractivity contribution in [2.45, 2.75) is 30.9 Å². The van der Waals surface area contributed by atoms with Gasteiger partial charge in [0, 0.05) is 13.0 Å². The van der Waals surface area contributed by atoms with Crippen molar-refractivity contribution < 1.29 is 18.3 Å². The van der Waals surface area contributed by atoms with E-state index < -0.39 is 16.0 Å². The van der Waals surface area contributed by atoms with Crippen LogP contribution in [0.15, 0.2) is 14.1 Å². The largest absolute Gasteiger partial charge is 0.481 e. The maximum Gasteiger partial charge on any atom is 0.303 e. The van der Waals surface area contributed by atoms with Gasteiger partial charge in [0.2, 0.25) is 10.0 Å². The Morgan fingerprint density at radius 3 is 2.57 bits per heavy atom. The zero-order chi connectivity index (χ0) is 16.2. The Kier molecular flexibility index (Phi) is 7.12. The van der Waals surface area contributed by atoms with Crippen molar-refractivity contribution in [1.29, 1.82) is 0 Å². The number of carboxylic acid groups (broad SMARTS) is 1. The number of sulfonamides is 1. The molecule has 1 aromatic rings. The zero-order valence-corrected chi connectivity index (χ0v) is 15.6. The van der Waals surface area contributed by atoms with E-state index in [2.05, 4.69) is 20.7 Å². The minimum atomic E-state index is -3.67. The first kappa shape index (κ1) is 18.9. The van der Waals surface area contributed by atoms with E-state index >= 15 is 0 Å². The third kappa shape index (κ3) is 6.23. The van der Waals surface area contributed by atoms with Gasteiger partial charge in [0.05, 0.1) is 8.81 Å². The lowest BCUT2D eigenvalue weighted by Crippen LogP contribution is -2.30. The molecule has 0 fully saturated rings. The molecular formula is C12H17BrClNO4S2. The van der Waals surface area contributed by atoms with E-state index in [-0.39, 0.29) is 23.1 Å². The van der Waals surface area contributed by atoms with Gasteiger partial charge in [-0.3, -0.25) is 4.79 Å². The molecule has 0 amide bonds. The van der Waals surface area contributed by atoms with Crippen LogP contribution >= 0.6 is 38.9 Å². The van der Waals surface area contributed by atoms with Gasteiger partial charge in [0.1, 0.15) is 4.21 Å². The summed E-state index contributed by atoms with van der Waals surface area (Å²) in [6, 6.07) is 1.37. The van der Waals surface area contributed by atoms with Crippen LogP contribution in [0.25, 0.3) is 0 Å². The van der Waals surface area contributed by atoms with Gasteiger partial charge >= 0.3 is 5.97 Å². The van der Waals surface area contributed by atoms with Crippen molar-refractivity contribution >= 4 is 54.9 Å². The first-order valence-electron chi connectivity index (χ1n) is 6.28. The van der Waals surface area contributed by atoms with Gasteiger partial charge in [0.25, 0.3) is 0 Å². The second-order valence-electron chi connectivity index (χ2n) is 5.13. The lowest BCUT2D eigenvalue weighted by Gasteiger charge is -2.17. The Hall–Kier alpha value is -0.150. The van der Waals surface area contributed by atoms with Gasteiger partial charge in [-0.1, -0.05) is 25.4 Å². The average molecular weight is 419 g/mol. The fraction of sp³-hybridized carbons (Fsp3) is 0.583. The number of aliphatic carboxylic acids is 1. The van der Waals surface area contributed by atoms with Gasteiger partial charge in [-0.2, -0.15) is 0 Å². The topological polar surface area (TPSA) is 83.5 Å². The highest BCUT2D eigenvalue weighted by atomic mass is 79.9. The molecule has 5 nitrogen and oxygen atoms in total. The van der Waals surface area contributed by atoms with Crippen LogP contribution in [0.4, 0.5) is 0 Å². The third-order valence-corrected chi connectivity index (χ3v) is 7.09. The van der Waals surface area contributed by atoms with Gasteiger partial charge in [-0.25, -0.2) is 13.1 Å². The summed E-state index contributed by atoms with van der Waals surface area (Å²) in [5.74, 6) is -0.873. The maximum absolute atomic E-state index is 12.1. The number of nitrogens with one attached hydrogen (secondary N) is 1. The lowest BCUT2D eigenvalue weighted by atomic mass is 9.94. The molecule has 21 heavy (non-hydrogen) atoms. The highest BCUT2D eigenvalue weighted by molar-refractivity contribution is 9.11. The standard InChI is InChI=1S/C12H17BrClNO4S2/c1-7(2)3-8(4-10(16)17)6-15-21(18,19)11-5-9(14)12(13)20-11/h5,7-8,15H,3-4,6H2,1-2H3,(H,16,17)/t8-/m0/s1. The summed E-state index contributed by atoms with van der Waals surface area (Å²) in [5.41, 5.74) is 0. The van der Waals surface area contributed by atoms with Gasteiger partial charge < -0.3 is 5.11 Å². The molecule has 120 valence electrons. The minimum absolute atomic E-state index is 0.0599. The number of carbonyl (C=O) groups is 1. The van der Waals surface area contributed by atoms with Crippen LogP contribution < -0.4 is 4.72 Å². The number of halogens is 2. The van der Waals surface area contributed by atoms with Crippen LogP contribution in [-0.4, -0.2) is 26.0 Å². The average Bonchev–Trinajstić information content (AvgIpc) is 2.66. The van der Waals surface area contributed by atoms with Gasteiger partial charge in [-0.15, -0.1) is 11.3 Å². The Bertz CT molecular complexity index is 581. The van der Waals surface area contributed by atoms with Gasteiger partial charge in [0.15, 0.2) is 0 Å². The molecule has 0 radical (unpaired) electrons. The van der Waals surface area contributed by atoms with E-state index in [0.717, 1.165) is 11.3 Å². The number of hydrogen-bond acceptors (Lipinski definition) is 4. The van der Waals surface area contributed by atoms with Crippen molar-refractivity contribution in [3.8, 4) is 0 Å². The molecule has 1 atom stereocenters. The molecule has 2 N–H and O–H groups in total. The first-order valence-corrected chi connectivity index (χ1v) is 9.75. The second kappa shape index (κ2) is 7.92. The molecular weight excluding hydrogens is 402 g/mol. The Balaban J connectivity index is 2.75. The maximum atomic E-state index is 12.1. The molecule has 0 aliphatic carbocycles. The summed E-state index contributed by atoms with van der Waals surface area (Å²) in [7, 11) is -3.67. The molecule has 1 rings (SSSR count). The van der Waals surface area contributed by atoms with E-state index in [1.807, 2.05) is 13.8 Å². The highest BCUT2D eigenvalue weighted by Gasteiger charge is 2.22. The van der Waals surface area contributed by atoms with Crippen molar-refractivity contribution in [3.63, 3.8) is 0 Å². The van der Waals surface area contributed by atoms with E-state index in [1.165, 1.54) is 6.07 Å². The molecule has 0 aliphatic heterocycles. The summed E-state index contributed by atoms with van der Waals surface area (Å²) in [6.45, 7) is 4.04. The van der Waals surface area contributed by atoms with Crippen LogP contribution in [0.3, 0.4) is 0 Å². The zero-order valence-electron chi connectivity index (χ0n) is 11.6. The van der Waals surface area contributed by atoms with E-state index in [1.54, 1.807) is 0 Å². The quantitative estimate of drug-likeness (QED) is 0.676. The summed E-state index contributed by atoms with van der Waals surface area (Å²) >= 11 is 10.0. The summed E-state index contributed by atoms with van der Waals surface area (Å²) < 4.78 is 27.4. The molecule has 0 unspecified atom stereocenters. The Morgan fingerprint density at radius 2 is 2.14 bits per heavy atom. The highest BCUT2D eigenvalue weighted by Crippen LogP contribution is 2.34.